The first-order chi connectivity index (χ1) is 13.9. The van der Waals surface area contributed by atoms with Gasteiger partial charge in [0.1, 0.15) is 6.33 Å². The Bertz CT molecular complexity index is 766. The fourth-order valence-electron chi connectivity index (χ4n) is 4.58. The Morgan fingerprint density at radius 3 is 2.10 bits per heavy atom. The lowest BCUT2D eigenvalue weighted by atomic mass is 9.56. The van der Waals surface area contributed by atoms with Crippen molar-refractivity contribution in [3.63, 3.8) is 0 Å². The van der Waals surface area contributed by atoms with Gasteiger partial charge in [-0.05, 0) is 46.8 Å². The first-order valence-electron chi connectivity index (χ1n) is 11.6. The number of carbonyl (C=O) groups is 2. The molecule has 2 atom stereocenters. The Morgan fingerprint density at radius 2 is 1.61 bits per heavy atom. The number of aromatic nitrogens is 3. The predicted molar refractivity (Wildman–Crippen MR) is 126 cm³/mol. The van der Waals surface area contributed by atoms with E-state index in [1.807, 2.05) is 0 Å². The zero-order valence-corrected chi connectivity index (χ0v) is 21.4. The fraction of sp³-hybridized carbons (Fsp3) is 0.840. The van der Waals surface area contributed by atoms with E-state index in [-0.39, 0.29) is 46.3 Å². The third kappa shape index (κ3) is 6.17. The second kappa shape index (κ2) is 8.67. The maximum Gasteiger partial charge on any atom is 0.233 e. The predicted octanol–water partition coefficient (Wildman–Crippen LogP) is 5.66. The number of Topliss-reactive ketones (excluding diaryl/α,β-unsaturated/α-hetero) is 1. The van der Waals surface area contributed by atoms with Crippen LogP contribution in [-0.4, -0.2) is 33.4 Å². The van der Waals surface area contributed by atoms with Crippen LogP contribution in [0.2, 0.25) is 0 Å². The zero-order valence-electron chi connectivity index (χ0n) is 21.4. The summed E-state index contributed by atoms with van der Waals surface area (Å²) in [6, 6.07) is 0. The topological polar surface area (TPSA) is 79.0 Å². The Labute approximate surface area is 189 Å². The molecule has 1 aromatic rings. The summed E-state index contributed by atoms with van der Waals surface area (Å²) in [6.45, 7) is 22.9. The molecule has 1 saturated heterocycles. The molecule has 1 amide bonds. The van der Waals surface area contributed by atoms with Gasteiger partial charge in [0.05, 0.1) is 6.54 Å². The molecule has 2 unspecified atom stereocenters. The summed E-state index contributed by atoms with van der Waals surface area (Å²) >= 11 is 0. The minimum absolute atomic E-state index is 0.00798. The van der Waals surface area contributed by atoms with Crippen LogP contribution in [0.1, 0.15) is 94.9 Å². The molecular weight excluding hydrogens is 388 g/mol. The lowest BCUT2D eigenvalue weighted by molar-refractivity contribution is -0.136. The van der Waals surface area contributed by atoms with Crippen LogP contribution in [0.5, 0.6) is 0 Å². The number of rotatable bonds is 7. The van der Waals surface area contributed by atoms with Crippen molar-refractivity contribution < 1.29 is 9.59 Å². The summed E-state index contributed by atoms with van der Waals surface area (Å²) in [6.07, 6.45) is 4.86. The highest BCUT2D eigenvalue weighted by molar-refractivity contribution is 6.04. The highest BCUT2D eigenvalue weighted by Gasteiger charge is 2.48. The smallest absolute Gasteiger partial charge is 0.233 e. The van der Waals surface area contributed by atoms with Crippen molar-refractivity contribution in [1.29, 1.82) is 0 Å². The number of nitrogens with zero attached hydrogens (tertiary/aromatic N) is 3. The molecule has 2 heterocycles. The minimum atomic E-state index is -0.343. The van der Waals surface area contributed by atoms with Crippen LogP contribution in [0.3, 0.4) is 0 Å². The third-order valence-corrected chi connectivity index (χ3v) is 7.68. The van der Waals surface area contributed by atoms with Gasteiger partial charge >= 0.3 is 0 Å². The fourth-order valence-corrected chi connectivity index (χ4v) is 4.58. The van der Waals surface area contributed by atoms with Crippen LogP contribution < -0.4 is 4.90 Å². The van der Waals surface area contributed by atoms with Gasteiger partial charge in [-0.15, -0.1) is 0 Å². The average molecular weight is 433 g/mol. The van der Waals surface area contributed by atoms with Crippen LogP contribution in [0, 0.1) is 33.5 Å². The highest BCUT2D eigenvalue weighted by atomic mass is 16.2. The summed E-state index contributed by atoms with van der Waals surface area (Å²) in [4.78, 5) is 31.8. The molecule has 31 heavy (non-hydrogen) atoms. The molecule has 1 N–H and O–H groups in total. The normalized spacial score (nSPS) is 20.3. The Balaban J connectivity index is 2.32. The number of ketones is 1. The van der Waals surface area contributed by atoms with E-state index < -0.39 is 0 Å². The van der Waals surface area contributed by atoms with E-state index in [1.165, 1.54) is 11.2 Å². The van der Waals surface area contributed by atoms with E-state index in [1.54, 1.807) is 0 Å². The second-order valence-corrected chi connectivity index (χ2v) is 13.1. The number of H-pyrrole nitrogens is 1. The van der Waals surface area contributed by atoms with Crippen LogP contribution in [0.15, 0.2) is 6.33 Å². The number of anilines is 1. The highest BCUT2D eigenvalue weighted by Crippen LogP contribution is 2.52. The standard InChI is InChI=1S/C25H44N4O2/c1-22(2,3)11-12-24(7,8)25(9,10)14-19(23(4,5)6)18-13-17(30)15-29(20(18)31)21-26-16-27-28-21/h16,18-19H,11-15H2,1-10H3,(H,26,27,28). The number of amides is 1. The monoisotopic (exact) mass is 432 g/mol. The maximum absolute atomic E-state index is 13.5. The summed E-state index contributed by atoms with van der Waals surface area (Å²) in [5, 5.41) is 6.62. The Hall–Kier alpha value is -1.72. The molecule has 0 radical (unpaired) electrons. The average Bonchev–Trinajstić information content (AvgIpc) is 3.12. The van der Waals surface area contributed by atoms with Gasteiger partial charge in [0, 0.05) is 12.3 Å². The largest absolute Gasteiger partial charge is 0.298 e. The molecule has 0 aliphatic carbocycles. The van der Waals surface area contributed by atoms with Crippen molar-refractivity contribution >= 4 is 17.6 Å². The van der Waals surface area contributed by atoms with E-state index in [9.17, 15) is 9.59 Å². The number of hydrogen-bond acceptors (Lipinski definition) is 4. The zero-order chi connectivity index (χ0) is 23.8. The molecule has 1 fully saturated rings. The molecule has 0 spiro atoms. The van der Waals surface area contributed by atoms with Crippen LogP contribution in [0.25, 0.3) is 0 Å². The van der Waals surface area contributed by atoms with Crippen molar-refractivity contribution in [2.45, 2.75) is 94.9 Å². The first-order valence-corrected chi connectivity index (χ1v) is 11.6. The molecule has 1 aliphatic heterocycles. The lowest BCUT2D eigenvalue weighted by Gasteiger charge is -2.49. The Morgan fingerprint density at radius 1 is 1.00 bits per heavy atom. The van der Waals surface area contributed by atoms with Gasteiger partial charge < -0.3 is 0 Å². The number of piperidine rings is 1. The molecule has 0 bridgehead atoms. The molecule has 6 nitrogen and oxygen atoms in total. The number of hydrogen-bond donors (Lipinski definition) is 1. The van der Waals surface area contributed by atoms with E-state index in [2.05, 4.69) is 84.4 Å². The molecule has 0 saturated carbocycles. The second-order valence-electron chi connectivity index (χ2n) is 13.1. The summed E-state index contributed by atoms with van der Waals surface area (Å²) in [7, 11) is 0. The van der Waals surface area contributed by atoms with Gasteiger partial charge in [0.2, 0.25) is 11.9 Å². The number of aromatic amines is 1. The van der Waals surface area contributed by atoms with Crippen LogP contribution in [0.4, 0.5) is 5.95 Å². The van der Waals surface area contributed by atoms with Gasteiger partial charge in [-0.1, -0.05) is 69.2 Å². The van der Waals surface area contributed by atoms with Crippen molar-refractivity contribution in [3.05, 3.63) is 6.33 Å². The first kappa shape index (κ1) is 25.5. The quantitative estimate of drug-likeness (QED) is 0.603. The Kier molecular flexibility index (Phi) is 7.14. The van der Waals surface area contributed by atoms with E-state index in [0.29, 0.717) is 17.8 Å². The summed E-state index contributed by atoms with van der Waals surface area (Å²) < 4.78 is 0. The summed E-state index contributed by atoms with van der Waals surface area (Å²) in [5.74, 6) is 0.169. The van der Waals surface area contributed by atoms with Crippen molar-refractivity contribution in [3.8, 4) is 0 Å². The molecule has 1 aliphatic rings. The van der Waals surface area contributed by atoms with Crippen molar-refractivity contribution in [1.82, 2.24) is 15.2 Å². The molecule has 6 heteroatoms. The molecule has 1 aromatic heterocycles. The van der Waals surface area contributed by atoms with Crippen molar-refractivity contribution in [2.24, 2.45) is 33.5 Å². The maximum atomic E-state index is 13.5. The van der Waals surface area contributed by atoms with E-state index >= 15 is 0 Å². The van der Waals surface area contributed by atoms with Gasteiger partial charge in [-0.25, -0.2) is 5.10 Å². The molecule has 176 valence electrons. The van der Waals surface area contributed by atoms with E-state index in [0.717, 1.165) is 19.3 Å². The van der Waals surface area contributed by atoms with E-state index in [4.69, 9.17) is 0 Å². The lowest BCUT2D eigenvalue weighted by Crippen LogP contribution is -2.52. The van der Waals surface area contributed by atoms with Gasteiger partial charge in [0.15, 0.2) is 5.78 Å². The summed E-state index contributed by atoms with van der Waals surface area (Å²) in [5.41, 5.74) is 0.298. The third-order valence-electron chi connectivity index (χ3n) is 7.68. The van der Waals surface area contributed by atoms with Crippen LogP contribution in [-0.2, 0) is 9.59 Å². The molecule has 2 rings (SSSR count). The SMILES string of the molecule is CC(C)(C)CCC(C)(C)C(C)(C)CC(C1CC(=O)CN(c2ncn[nH]2)C1=O)C(C)(C)C. The van der Waals surface area contributed by atoms with Gasteiger partial charge in [-0.2, -0.15) is 10.1 Å². The van der Waals surface area contributed by atoms with Gasteiger partial charge in [-0.3, -0.25) is 14.5 Å². The number of carbonyl (C=O) groups excluding carboxylic acids is 2. The molecular formula is C25H44N4O2. The van der Waals surface area contributed by atoms with Crippen molar-refractivity contribution in [2.75, 3.05) is 11.4 Å². The minimum Gasteiger partial charge on any atom is -0.298 e. The number of nitrogens with one attached hydrogen (secondary N) is 1. The molecule has 0 aromatic carbocycles. The van der Waals surface area contributed by atoms with Crippen LogP contribution >= 0.6 is 0 Å². The van der Waals surface area contributed by atoms with Gasteiger partial charge in [0.25, 0.3) is 0 Å².